The molecule has 0 spiro atoms. The summed E-state index contributed by atoms with van der Waals surface area (Å²) in [4.78, 5) is 20.8. The van der Waals surface area contributed by atoms with Gasteiger partial charge in [0.05, 0.1) is 17.1 Å². The lowest BCUT2D eigenvalue weighted by molar-refractivity contribution is -0.386. The Kier molecular flexibility index (Phi) is 3.39. The number of ether oxygens (including phenoxy) is 1. The summed E-state index contributed by atoms with van der Waals surface area (Å²) in [6, 6.07) is 1.86. The van der Waals surface area contributed by atoms with Crippen LogP contribution in [0.25, 0.3) is 0 Å². The summed E-state index contributed by atoms with van der Waals surface area (Å²) in [5.74, 6) is -1.90. The van der Waals surface area contributed by atoms with Crippen molar-refractivity contribution >= 4 is 17.3 Å². The predicted molar refractivity (Wildman–Crippen MR) is 53.4 cm³/mol. The number of benzene rings is 1. The van der Waals surface area contributed by atoms with E-state index in [1.54, 1.807) is 6.92 Å². The molecule has 0 aromatic heterocycles. The van der Waals surface area contributed by atoms with Crippen molar-refractivity contribution in [2.45, 2.75) is 6.92 Å². The lowest BCUT2D eigenvalue weighted by Gasteiger charge is -2.05. The van der Waals surface area contributed by atoms with Crippen molar-refractivity contribution in [2.75, 3.05) is 12.3 Å². The van der Waals surface area contributed by atoms with Gasteiger partial charge in [0.15, 0.2) is 0 Å². The van der Waals surface area contributed by atoms with E-state index in [9.17, 15) is 19.3 Å². The van der Waals surface area contributed by atoms with Gasteiger partial charge in [-0.25, -0.2) is 4.79 Å². The van der Waals surface area contributed by atoms with Gasteiger partial charge in [-0.2, -0.15) is 4.39 Å². The Morgan fingerprint density at radius 2 is 2.25 bits per heavy atom. The van der Waals surface area contributed by atoms with Gasteiger partial charge in [-0.15, -0.1) is 0 Å². The predicted octanol–water partition coefficient (Wildman–Crippen LogP) is 1.49. The molecule has 0 aliphatic carbocycles. The van der Waals surface area contributed by atoms with Crippen LogP contribution in [-0.2, 0) is 4.74 Å². The normalized spacial score (nSPS) is 9.88. The fourth-order valence-electron chi connectivity index (χ4n) is 1.15. The van der Waals surface area contributed by atoms with Crippen molar-refractivity contribution < 1.29 is 18.8 Å². The lowest BCUT2D eigenvalue weighted by Crippen LogP contribution is -2.10. The Morgan fingerprint density at radius 3 is 2.75 bits per heavy atom. The standard InChI is InChI=1S/C9H9FN2O4/c1-2-16-9(13)5-3-4-6(10)8(7(5)11)12(14)15/h3-4H,2,11H2,1H3. The van der Waals surface area contributed by atoms with Gasteiger partial charge in [-0.05, 0) is 19.1 Å². The third kappa shape index (κ3) is 2.08. The second kappa shape index (κ2) is 4.56. The molecule has 2 N–H and O–H groups in total. The maximum Gasteiger partial charge on any atom is 0.340 e. The van der Waals surface area contributed by atoms with E-state index in [-0.39, 0.29) is 12.2 Å². The van der Waals surface area contributed by atoms with Crippen LogP contribution in [0.1, 0.15) is 17.3 Å². The summed E-state index contributed by atoms with van der Waals surface area (Å²) in [5.41, 5.74) is 3.68. The maximum atomic E-state index is 13.1. The first-order valence-electron chi connectivity index (χ1n) is 4.38. The number of carbonyl (C=O) groups excluding carboxylic acids is 1. The van der Waals surface area contributed by atoms with E-state index >= 15 is 0 Å². The molecule has 6 nitrogen and oxygen atoms in total. The van der Waals surface area contributed by atoms with Crippen LogP contribution in [0.3, 0.4) is 0 Å². The molecular weight excluding hydrogens is 219 g/mol. The number of halogens is 1. The zero-order valence-electron chi connectivity index (χ0n) is 8.40. The minimum Gasteiger partial charge on any atom is -0.462 e. The van der Waals surface area contributed by atoms with Crippen LogP contribution in [0, 0.1) is 15.9 Å². The largest absolute Gasteiger partial charge is 0.462 e. The van der Waals surface area contributed by atoms with Gasteiger partial charge in [0, 0.05) is 0 Å². The second-order valence-electron chi connectivity index (χ2n) is 2.83. The van der Waals surface area contributed by atoms with Crippen molar-refractivity contribution in [3.05, 3.63) is 33.6 Å². The summed E-state index contributed by atoms with van der Waals surface area (Å²) >= 11 is 0. The molecule has 0 aliphatic rings. The van der Waals surface area contributed by atoms with Crippen LogP contribution in [0.2, 0.25) is 0 Å². The number of rotatable bonds is 3. The Bertz CT molecular complexity index is 447. The molecule has 0 saturated heterocycles. The highest BCUT2D eigenvalue weighted by Crippen LogP contribution is 2.28. The molecule has 0 atom stereocenters. The molecule has 0 radical (unpaired) electrons. The first-order valence-corrected chi connectivity index (χ1v) is 4.38. The van der Waals surface area contributed by atoms with Crippen molar-refractivity contribution in [1.82, 2.24) is 0 Å². The fraction of sp³-hybridized carbons (Fsp3) is 0.222. The van der Waals surface area contributed by atoms with Crippen molar-refractivity contribution in [1.29, 1.82) is 0 Å². The molecule has 0 amide bonds. The van der Waals surface area contributed by atoms with Crippen LogP contribution in [0.5, 0.6) is 0 Å². The Balaban J connectivity index is 3.29. The molecule has 0 unspecified atom stereocenters. The van der Waals surface area contributed by atoms with E-state index in [0.717, 1.165) is 12.1 Å². The molecule has 0 bridgehead atoms. The monoisotopic (exact) mass is 228 g/mol. The SMILES string of the molecule is CCOC(=O)c1ccc(F)c([N+](=O)[O-])c1N. The lowest BCUT2D eigenvalue weighted by atomic mass is 10.1. The van der Waals surface area contributed by atoms with Crippen molar-refractivity contribution in [3.8, 4) is 0 Å². The first-order chi connectivity index (χ1) is 7.49. The quantitative estimate of drug-likeness (QED) is 0.366. The van der Waals surface area contributed by atoms with Crippen molar-refractivity contribution in [2.24, 2.45) is 0 Å². The number of hydrogen-bond acceptors (Lipinski definition) is 5. The maximum absolute atomic E-state index is 13.1. The molecule has 0 aliphatic heterocycles. The molecule has 0 saturated carbocycles. The number of hydrogen-bond donors (Lipinski definition) is 1. The number of nitrogens with zero attached hydrogens (tertiary/aromatic N) is 1. The Hall–Kier alpha value is -2.18. The number of nitrogens with two attached hydrogens (primary N) is 1. The number of esters is 1. The first kappa shape index (κ1) is 11.9. The Morgan fingerprint density at radius 1 is 1.62 bits per heavy atom. The highest BCUT2D eigenvalue weighted by Gasteiger charge is 2.24. The summed E-state index contributed by atoms with van der Waals surface area (Å²) in [6.45, 7) is 1.68. The third-order valence-corrected chi connectivity index (χ3v) is 1.85. The van der Waals surface area contributed by atoms with Gasteiger partial charge in [0.25, 0.3) is 0 Å². The number of nitrogen functional groups attached to an aromatic ring is 1. The molecule has 0 fully saturated rings. The van der Waals surface area contributed by atoms with E-state index in [2.05, 4.69) is 4.74 Å². The van der Waals surface area contributed by atoms with Crippen LogP contribution < -0.4 is 5.73 Å². The summed E-state index contributed by atoms with van der Waals surface area (Å²) < 4.78 is 17.7. The average molecular weight is 228 g/mol. The highest BCUT2D eigenvalue weighted by atomic mass is 19.1. The molecule has 7 heteroatoms. The van der Waals surface area contributed by atoms with Crippen LogP contribution >= 0.6 is 0 Å². The minimum atomic E-state index is -1.09. The molecule has 1 aromatic rings. The van der Waals surface area contributed by atoms with Crippen LogP contribution in [0.15, 0.2) is 12.1 Å². The van der Waals surface area contributed by atoms with Gasteiger partial charge in [0.1, 0.15) is 5.69 Å². The molecule has 16 heavy (non-hydrogen) atoms. The van der Waals surface area contributed by atoms with E-state index in [1.165, 1.54) is 0 Å². The van der Waals surface area contributed by atoms with Gasteiger partial charge in [-0.3, -0.25) is 10.1 Å². The molecule has 1 rings (SSSR count). The van der Waals surface area contributed by atoms with Gasteiger partial charge >= 0.3 is 11.7 Å². The topological polar surface area (TPSA) is 95.5 Å². The highest BCUT2D eigenvalue weighted by molar-refractivity contribution is 5.97. The number of carbonyl (C=O) groups is 1. The van der Waals surface area contributed by atoms with E-state index in [0.29, 0.717) is 0 Å². The molecule has 86 valence electrons. The number of nitro groups is 1. The van der Waals surface area contributed by atoms with Crippen LogP contribution in [-0.4, -0.2) is 17.5 Å². The second-order valence-corrected chi connectivity index (χ2v) is 2.83. The van der Waals surface area contributed by atoms with Gasteiger partial charge in [0.2, 0.25) is 5.82 Å². The zero-order chi connectivity index (χ0) is 12.3. The van der Waals surface area contributed by atoms with Gasteiger partial charge in [-0.1, -0.05) is 0 Å². The average Bonchev–Trinajstić information content (AvgIpc) is 2.17. The summed E-state index contributed by atoms with van der Waals surface area (Å²) in [7, 11) is 0. The van der Waals surface area contributed by atoms with Gasteiger partial charge < -0.3 is 10.5 Å². The zero-order valence-corrected chi connectivity index (χ0v) is 8.40. The minimum absolute atomic E-state index is 0.101. The summed E-state index contributed by atoms with van der Waals surface area (Å²) in [6.07, 6.45) is 0. The Labute approximate surface area is 90.0 Å². The fourth-order valence-corrected chi connectivity index (χ4v) is 1.15. The number of nitro benzene ring substituents is 1. The van der Waals surface area contributed by atoms with E-state index < -0.39 is 28.1 Å². The number of anilines is 1. The molecule has 1 aromatic carbocycles. The molecular formula is C9H9FN2O4. The van der Waals surface area contributed by atoms with Crippen LogP contribution in [0.4, 0.5) is 15.8 Å². The third-order valence-electron chi connectivity index (χ3n) is 1.85. The van der Waals surface area contributed by atoms with Crippen molar-refractivity contribution in [3.63, 3.8) is 0 Å². The van der Waals surface area contributed by atoms with E-state index in [4.69, 9.17) is 5.73 Å². The van der Waals surface area contributed by atoms with E-state index in [1.807, 2.05) is 0 Å². The smallest absolute Gasteiger partial charge is 0.340 e. The summed E-state index contributed by atoms with van der Waals surface area (Å²) in [5, 5.41) is 10.5. The molecule has 0 heterocycles.